The van der Waals surface area contributed by atoms with E-state index in [1.807, 2.05) is 13.0 Å². The van der Waals surface area contributed by atoms with E-state index in [0.29, 0.717) is 19.5 Å². The molecule has 1 aliphatic heterocycles. The number of carboxylic acids is 1. The first-order valence-electron chi connectivity index (χ1n) is 5.79. The van der Waals surface area contributed by atoms with Gasteiger partial charge in [0, 0.05) is 19.3 Å². The number of rotatable bonds is 4. The lowest BCUT2D eigenvalue weighted by molar-refractivity contribution is -0.137. The molecule has 2 rings (SSSR count). The van der Waals surface area contributed by atoms with Gasteiger partial charge in [-0.1, -0.05) is 11.6 Å². The number of hydrogen-bond donors (Lipinski definition) is 1. The highest BCUT2D eigenvalue weighted by Gasteiger charge is 2.26. The smallest absolute Gasteiger partial charge is 0.325 e. The fourth-order valence-electron chi connectivity index (χ4n) is 1.82. The Bertz CT molecular complexity index is 618. The monoisotopic (exact) mass is 285 g/mol. The van der Waals surface area contributed by atoms with Crippen LogP contribution in [0, 0.1) is 0 Å². The molecule has 0 spiro atoms. The van der Waals surface area contributed by atoms with Crippen molar-refractivity contribution < 1.29 is 18.3 Å². The first-order chi connectivity index (χ1) is 8.89. The van der Waals surface area contributed by atoms with Crippen molar-refractivity contribution in [2.75, 3.05) is 13.1 Å². The van der Waals surface area contributed by atoms with Crippen LogP contribution in [0.2, 0.25) is 0 Å². The van der Waals surface area contributed by atoms with Crippen molar-refractivity contribution in [3.8, 4) is 0 Å². The summed E-state index contributed by atoms with van der Waals surface area (Å²) < 4.78 is 27.0. The highest BCUT2D eigenvalue weighted by Crippen LogP contribution is 2.19. The molecule has 0 bridgehead atoms. The number of sulfonamides is 1. The van der Waals surface area contributed by atoms with E-state index in [0.717, 1.165) is 4.68 Å². The second-order valence-corrected chi connectivity index (χ2v) is 6.37. The molecule has 8 heteroatoms. The predicted octanol–water partition coefficient (Wildman–Crippen LogP) is 0.308. The van der Waals surface area contributed by atoms with E-state index in [-0.39, 0.29) is 11.4 Å². The minimum Gasteiger partial charge on any atom is -0.480 e. The van der Waals surface area contributed by atoms with Gasteiger partial charge in [-0.15, -0.1) is 0 Å². The van der Waals surface area contributed by atoms with Crippen molar-refractivity contribution >= 4 is 16.0 Å². The Hall–Kier alpha value is -1.67. The molecule has 2 heterocycles. The Labute approximate surface area is 111 Å². The molecule has 0 atom stereocenters. The Balaban J connectivity index is 2.20. The van der Waals surface area contributed by atoms with Crippen molar-refractivity contribution in [3.63, 3.8) is 0 Å². The lowest BCUT2D eigenvalue weighted by Gasteiger charge is -2.23. The number of aromatic nitrogens is 2. The lowest BCUT2D eigenvalue weighted by atomic mass is 10.1. The largest absolute Gasteiger partial charge is 0.480 e. The molecular formula is C11H15N3O4S. The highest BCUT2D eigenvalue weighted by molar-refractivity contribution is 7.89. The molecule has 1 aromatic rings. The Morgan fingerprint density at radius 3 is 2.84 bits per heavy atom. The van der Waals surface area contributed by atoms with Gasteiger partial charge in [-0.3, -0.25) is 9.48 Å². The van der Waals surface area contributed by atoms with Crippen LogP contribution in [-0.2, 0) is 21.4 Å². The van der Waals surface area contributed by atoms with Crippen LogP contribution in [0.1, 0.15) is 13.3 Å². The molecule has 0 saturated carbocycles. The molecule has 0 amide bonds. The zero-order valence-electron chi connectivity index (χ0n) is 10.5. The maximum absolute atomic E-state index is 12.3. The van der Waals surface area contributed by atoms with Crippen molar-refractivity contribution in [2.45, 2.75) is 24.8 Å². The van der Waals surface area contributed by atoms with Gasteiger partial charge in [0.05, 0.1) is 6.20 Å². The van der Waals surface area contributed by atoms with Crippen molar-refractivity contribution in [3.05, 3.63) is 24.0 Å². The molecule has 7 nitrogen and oxygen atoms in total. The van der Waals surface area contributed by atoms with E-state index in [9.17, 15) is 13.2 Å². The molecule has 19 heavy (non-hydrogen) atoms. The van der Waals surface area contributed by atoms with E-state index in [2.05, 4.69) is 5.10 Å². The van der Waals surface area contributed by atoms with E-state index in [1.54, 1.807) is 0 Å². The number of carboxylic acid groups (broad SMARTS) is 1. The number of nitrogens with zero attached hydrogens (tertiary/aromatic N) is 3. The molecule has 1 aliphatic rings. The third-order valence-corrected chi connectivity index (χ3v) is 4.76. The van der Waals surface area contributed by atoms with Gasteiger partial charge in [0.1, 0.15) is 11.4 Å². The van der Waals surface area contributed by atoms with Crippen molar-refractivity contribution in [1.29, 1.82) is 0 Å². The molecule has 0 aromatic carbocycles. The summed E-state index contributed by atoms with van der Waals surface area (Å²) in [5.41, 5.74) is 1.17. The molecule has 0 fully saturated rings. The molecule has 0 saturated heterocycles. The highest BCUT2D eigenvalue weighted by atomic mass is 32.2. The molecule has 0 radical (unpaired) electrons. The van der Waals surface area contributed by atoms with Gasteiger partial charge in [0.2, 0.25) is 10.0 Å². The van der Waals surface area contributed by atoms with Crippen LogP contribution in [-0.4, -0.2) is 46.7 Å². The SMILES string of the molecule is CC1=CCN(S(=O)(=O)c2cnn(CC(=O)O)c2)CC1. The zero-order chi connectivity index (χ0) is 14.0. The normalized spacial score (nSPS) is 17.2. The quantitative estimate of drug-likeness (QED) is 0.804. The van der Waals surface area contributed by atoms with Crippen LogP contribution in [0.25, 0.3) is 0 Å². The van der Waals surface area contributed by atoms with E-state index in [4.69, 9.17) is 5.11 Å². The maximum Gasteiger partial charge on any atom is 0.325 e. The van der Waals surface area contributed by atoms with Gasteiger partial charge >= 0.3 is 5.97 Å². The topological polar surface area (TPSA) is 92.5 Å². The average molecular weight is 285 g/mol. The molecular weight excluding hydrogens is 270 g/mol. The van der Waals surface area contributed by atoms with Crippen LogP contribution in [0.3, 0.4) is 0 Å². The Kier molecular flexibility index (Phi) is 3.72. The van der Waals surface area contributed by atoms with Gasteiger partial charge < -0.3 is 5.11 Å². The Morgan fingerprint density at radius 1 is 1.53 bits per heavy atom. The second-order valence-electron chi connectivity index (χ2n) is 4.43. The lowest BCUT2D eigenvalue weighted by Crippen LogP contribution is -2.34. The summed E-state index contributed by atoms with van der Waals surface area (Å²) in [7, 11) is -3.59. The van der Waals surface area contributed by atoms with Crippen LogP contribution >= 0.6 is 0 Å². The summed E-state index contributed by atoms with van der Waals surface area (Å²) in [4.78, 5) is 10.6. The fourth-order valence-corrected chi connectivity index (χ4v) is 3.16. The minimum atomic E-state index is -3.59. The Morgan fingerprint density at radius 2 is 2.26 bits per heavy atom. The second kappa shape index (κ2) is 5.14. The average Bonchev–Trinajstić information content (AvgIpc) is 2.78. The van der Waals surface area contributed by atoms with Gasteiger partial charge in [-0.2, -0.15) is 9.40 Å². The molecule has 1 N–H and O–H groups in total. The van der Waals surface area contributed by atoms with Crippen LogP contribution in [0.4, 0.5) is 0 Å². The standard InChI is InChI=1S/C11H15N3O4S/c1-9-2-4-14(5-3-9)19(17,18)10-6-12-13(7-10)8-11(15)16/h2,6-7H,3-5,8H2,1H3,(H,15,16). The summed E-state index contributed by atoms with van der Waals surface area (Å²) in [5, 5.41) is 12.4. The van der Waals surface area contributed by atoms with E-state index < -0.39 is 16.0 Å². The van der Waals surface area contributed by atoms with Crippen LogP contribution in [0.5, 0.6) is 0 Å². The summed E-state index contributed by atoms with van der Waals surface area (Å²) in [6, 6.07) is 0. The van der Waals surface area contributed by atoms with Crippen molar-refractivity contribution in [1.82, 2.24) is 14.1 Å². The van der Waals surface area contributed by atoms with Gasteiger partial charge in [-0.25, -0.2) is 8.42 Å². The van der Waals surface area contributed by atoms with Crippen molar-refractivity contribution in [2.24, 2.45) is 0 Å². The molecule has 1 aromatic heterocycles. The van der Waals surface area contributed by atoms with Crippen LogP contribution in [0.15, 0.2) is 28.9 Å². The fraction of sp³-hybridized carbons (Fsp3) is 0.455. The molecule has 0 aliphatic carbocycles. The molecule has 104 valence electrons. The summed E-state index contributed by atoms with van der Waals surface area (Å²) in [5.74, 6) is -1.07. The summed E-state index contributed by atoms with van der Waals surface area (Å²) in [6.45, 7) is 2.40. The maximum atomic E-state index is 12.3. The predicted molar refractivity (Wildman–Crippen MR) is 67.0 cm³/mol. The van der Waals surface area contributed by atoms with Gasteiger partial charge in [-0.05, 0) is 13.3 Å². The third kappa shape index (κ3) is 3.02. The zero-order valence-corrected chi connectivity index (χ0v) is 11.3. The van der Waals surface area contributed by atoms with E-state index in [1.165, 1.54) is 22.3 Å². The summed E-state index contributed by atoms with van der Waals surface area (Å²) in [6.07, 6.45) is 5.02. The summed E-state index contributed by atoms with van der Waals surface area (Å²) >= 11 is 0. The first-order valence-corrected chi connectivity index (χ1v) is 7.23. The number of hydrogen-bond acceptors (Lipinski definition) is 4. The first kappa shape index (κ1) is 13.8. The van der Waals surface area contributed by atoms with Gasteiger partial charge in [0.15, 0.2) is 0 Å². The van der Waals surface area contributed by atoms with Gasteiger partial charge in [0.25, 0.3) is 0 Å². The number of aliphatic carboxylic acids is 1. The van der Waals surface area contributed by atoms with Crippen LogP contribution < -0.4 is 0 Å². The van der Waals surface area contributed by atoms with E-state index >= 15 is 0 Å². The number of carbonyl (C=O) groups is 1. The molecule has 0 unspecified atom stereocenters. The third-order valence-electron chi connectivity index (χ3n) is 2.94. The minimum absolute atomic E-state index is 0.0294.